The average molecular weight is 347 g/mol. The molecule has 0 aliphatic heterocycles. The van der Waals surface area contributed by atoms with E-state index in [-0.39, 0.29) is 6.42 Å². The molecule has 0 aliphatic rings. The van der Waals surface area contributed by atoms with Gasteiger partial charge in [0.1, 0.15) is 0 Å². The summed E-state index contributed by atoms with van der Waals surface area (Å²) in [6, 6.07) is 0. The summed E-state index contributed by atoms with van der Waals surface area (Å²) in [6.07, 6.45) is 19.4. The lowest BCUT2D eigenvalue weighted by Gasteiger charge is -2.00. The molecule has 0 rings (SSSR count). The second-order valence-corrected chi connectivity index (χ2v) is 7.59. The fourth-order valence-corrected chi connectivity index (χ4v) is 2.87. The highest BCUT2D eigenvalue weighted by molar-refractivity contribution is 8.01. The van der Waals surface area contributed by atoms with Gasteiger partial charge in [-0.2, -0.15) is 8.42 Å². The molecule has 0 atom stereocenters. The molecule has 23 heavy (non-hydrogen) atoms. The second-order valence-electron chi connectivity index (χ2n) is 6.18. The van der Waals surface area contributed by atoms with Crippen molar-refractivity contribution >= 4 is 15.2 Å². The van der Waals surface area contributed by atoms with E-state index in [9.17, 15) is 13.2 Å². The van der Waals surface area contributed by atoms with E-state index in [1.807, 2.05) is 0 Å². The number of allylic oxidation sites excluding steroid dienone is 2. The molecule has 136 valence electrons. The van der Waals surface area contributed by atoms with Gasteiger partial charge < -0.3 is 0 Å². The third kappa shape index (κ3) is 16.0. The molecule has 4 nitrogen and oxygen atoms in total. The zero-order valence-electron chi connectivity index (χ0n) is 14.6. The standard InChI is InChI=1S/C18H34O4S/c1-2-3-4-5-6-7-8-9-10-11-12-13-14-15-16-17-18(19)23(20,21)22/h9-10H,2-8,11-17H2,1H3,(H,20,21,22)/b10-9-. The molecule has 0 bridgehead atoms. The minimum absolute atomic E-state index is 0.0724. The predicted molar refractivity (Wildman–Crippen MR) is 96.0 cm³/mol. The van der Waals surface area contributed by atoms with E-state index < -0.39 is 15.2 Å². The molecule has 0 spiro atoms. The van der Waals surface area contributed by atoms with Gasteiger partial charge in [-0.3, -0.25) is 9.35 Å². The Bertz CT molecular complexity index is 413. The molecule has 5 heteroatoms. The first kappa shape index (κ1) is 22.3. The van der Waals surface area contributed by atoms with Gasteiger partial charge in [-0.25, -0.2) is 0 Å². The van der Waals surface area contributed by atoms with Crippen LogP contribution in [-0.2, 0) is 14.9 Å². The van der Waals surface area contributed by atoms with Crippen molar-refractivity contribution in [2.75, 3.05) is 0 Å². The summed E-state index contributed by atoms with van der Waals surface area (Å²) < 4.78 is 29.5. The van der Waals surface area contributed by atoms with Crippen LogP contribution < -0.4 is 0 Å². The van der Waals surface area contributed by atoms with E-state index in [0.29, 0.717) is 6.42 Å². The lowest BCUT2D eigenvalue weighted by Crippen LogP contribution is -2.12. The van der Waals surface area contributed by atoms with Crippen LogP contribution in [0.5, 0.6) is 0 Å². The Hall–Kier alpha value is -0.680. The molecule has 0 radical (unpaired) electrons. The van der Waals surface area contributed by atoms with Gasteiger partial charge in [-0.05, 0) is 32.1 Å². The summed E-state index contributed by atoms with van der Waals surface area (Å²) in [5.74, 6) is 0. The number of carbonyl (C=O) groups is 1. The first-order chi connectivity index (χ1) is 11.0. The van der Waals surface area contributed by atoms with Gasteiger partial charge in [0.2, 0.25) is 0 Å². The van der Waals surface area contributed by atoms with Gasteiger partial charge in [-0.1, -0.05) is 70.4 Å². The molecule has 0 aliphatic carbocycles. The molecule has 0 aromatic rings. The molecule has 0 saturated heterocycles. The topological polar surface area (TPSA) is 71.4 Å². The van der Waals surface area contributed by atoms with Crippen LogP contribution in [0.4, 0.5) is 0 Å². The van der Waals surface area contributed by atoms with Crippen LogP contribution in [0, 0.1) is 0 Å². The average Bonchev–Trinajstić information content (AvgIpc) is 2.50. The lowest BCUT2D eigenvalue weighted by atomic mass is 10.1. The minimum Gasteiger partial charge on any atom is -0.280 e. The smallest absolute Gasteiger partial charge is 0.280 e. The van der Waals surface area contributed by atoms with Crippen LogP contribution in [0.15, 0.2) is 12.2 Å². The summed E-state index contributed by atoms with van der Waals surface area (Å²) in [4.78, 5) is 11.0. The van der Waals surface area contributed by atoms with Crippen LogP contribution >= 0.6 is 0 Å². The van der Waals surface area contributed by atoms with Crippen LogP contribution in [0.3, 0.4) is 0 Å². The zero-order chi connectivity index (χ0) is 17.4. The van der Waals surface area contributed by atoms with E-state index in [4.69, 9.17) is 4.55 Å². The second kappa shape index (κ2) is 14.9. The van der Waals surface area contributed by atoms with Gasteiger partial charge in [0.05, 0.1) is 0 Å². The number of rotatable bonds is 15. The van der Waals surface area contributed by atoms with Crippen LogP contribution in [0.1, 0.15) is 96.8 Å². The van der Waals surface area contributed by atoms with Crippen molar-refractivity contribution in [2.45, 2.75) is 96.8 Å². The predicted octanol–water partition coefficient (Wildman–Crippen LogP) is 5.44. The van der Waals surface area contributed by atoms with Crippen molar-refractivity contribution in [3.8, 4) is 0 Å². The Kier molecular flexibility index (Phi) is 14.4. The van der Waals surface area contributed by atoms with Gasteiger partial charge in [-0.15, -0.1) is 0 Å². The third-order valence-corrected chi connectivity index (χ3v) is 4.71. The van der Waals surface area contributed by atoms with Gasteiger partial charge in [0.25, 0.3) is 5.12 Å². The molecule has 0 aromatic heterocycles. The summed E-state index contributed by atoms with van der Waals surface area (Å²) in [7, 11) is -4.47. The monoisotopic (exact) mass is 346 g/mol. The molecule has 0 unspecified atom stereocenters. The fraction of sp³-hybridized carbons (Fsp3) is 0.833. The van der Waals surface area contributed by atoms with Crippen molar-refractivity contribution in [2.24, 2.45) is 0 Å². The Balaban J connectivity index is 3.27. The first-order valence-corrected chi connectivity index (χ1v) is 10.6. The van der Waals surface area contributed by atoms with Gasteiger partial charge >= 0.3 is 10.1 Å². The van der Waals surface area contributed by atoms with Crippen LogP contribution in [0.25, 0.3) is 0 Å². The van der Waals surface area contributed by atoms with E-state index in [1.165, 1.54) is 44.9 Å². The normalized spacial score (nSPS) is 12.1. The van der Waals surface area contributed by atoms with Crippen LogP contribution in [-0.4, -0.2) is 18.1 Å². The van der Waals surface area contributed by atoms with Gasteiger partial charge in [0.15, 0.2) is 0 Å². The Morgan fingerprint density at radius 1 is 0.783 bits per heavy atom. The molecule has 0 heterocycles. The largest absolute Gasteiger partial charge is 0.328 e. The number of hydrogen-bond acceptors (Lipinski definition) is 3. The van der Waals surface area contributed by atoms with Crippen molar-refractivity contribution in [1.29, 1.82) is 0 Å². The highest BCUT2D eigenvalue weighted by Crippen LogP contribution is 2.10. The Morgan fingerprint density at radius 3 is 1.70 bits per heavy atom. The number of carbonyl (C=O) groups excluding carboxylic acids is 1. The number of unbranched alkanes of at least 4 members (excludes halogenated alkanes) is 11. The molecule has 1 N–H and O–H groups in total. The molecule has 0 fully saturated rings. The van der Waals surface area contributed by atoms with Crippen molar-refractivity contribution in [1.82, 2.24) is 0 Å². The SMILES string of the molecule is CCCCCCCC/C=C\CCCCCCCC(=O)S(=O)(=O)O. The molecule has 0 aromatic carbocycles. The van der Waals surface area contributed by atoms with E-state index in [0.717, 1.165) is 32.1 Å². The van der Waals surface area contributed by atoms with E-state index in [1.54, 1.807) is 0 Å². The minimum atomic E-state index is -4.47. The highest BCUT2D eigenvalue weighted by Gasteiger charge is 2.16. The Morgan fingerprint density at radius 2 is 1.22 bits per heavy atom. The zero-order valence-corrected chi connectivity index (χ0v) is 15.5. The molecular weight excluding hydrogens is 312 g/mol. The fourth-order valence-electron chi connectivity index (χ4n) is 2.47. The van der Waals surface area contributed by atoms with Crippen molar-refractivity contribution < 1.29 is 17.8 Å². The van der Waals surface area contributed by atoms with E-state index in [2.05, 4.69) is 19.1 Å². The molecular formula is C18H34O4S. The maximum Gasteiger partial charge on any atom is 0.328 e. The highest BCUT2D eigenvalue weighted by atomic mass is 32.2. The lowest BCUT2D eigenvalue weighted by molar-refractivity contribution is -0.112. The maximum absolute atomic E-state index is 11.0. The van der Waals surface area contributed by atoms with Crippen LogP contribution in [0.2, 0.25) is 0 Å². The summed E-state index contributed by atoms with van der Waals surface area (Å²) >= 11 is 0. The summed E-state index contributed by atoms with van der Waals surface area (Å²) in [5, 5.41) is -1.06. The van der Waals surface area contributed by atoms with Gasteiger partial charge in [0, 0.05) is 6.42 Å². The quantitative estimate of drug-likeness (QED) is 0.243. The third-order valence-electron chi connectivity index (χ3n) is 3.93. The molecule has 0 amide bonds. The first-order valence-electron chi connectivity index (χ1n) is 9.13. The summed E-state index contributed by atoms with van der Waals surface area (Å²) in [5.41, 5.74) is 0. The van der Waals surface area contributed by atoms with E-state index >= 15 is 0 Å². The molecule has 0 saturated carbocycles. The maximum atomic E-state index is 11.0. The number of hydrogen-bond donors (Lipinski definition) is 1. The van der Waals surface area contributed by atoms with Crippen molar-refractivity contribution in [3.63, 3.8) is 0 Å². The summed E-state index contributed by atoms with van der Waals surface area (Å²) in [6.45, 7) is 2.24. The Labute approximate surface area is 142 Å². The van der Waals surface area contributed by atoms with Crippen molar-refractivity contribution in [3.05, 3.63) is 12.2 Å².